The van der Waals surface area contributed by atoms with E-state index in [4.69, 9.17) is 0 Å². The van der Waals surface area contributed by atoms with Crippen LogP contribution in [0.5, 0.6) is 0 Å². The molecular weight excluding hydrogens is 458 g/mol. The van der Waals surface area contributed by atoms with E-state index in [1.807, 2.05) is 0 Å². The van der Waals surface area contributed by atoms with Crippen LogP contribution in [-0.4, -0.2) is 44.9 Å². The minimum Gasteiger partial charge on any atom is -0.330 e. The summed E-state index contributed by atoms with van der Waals surface area (Å²) in [6.07, 6.45) is -2.95. The molecule has 1 aliphatic carbocycles. The molecule has 0 spiro atoms. The topological polar surface area (TPSA) is 55.2 Å². The Labute approximate surface area is 191 Å². The van der Waals surface area contributed by atoms with Crippen LogP contribution in [0.1, 0.15) is 19.8 Å². The molecule has 174 valence electrons. The lowest BCUT2D eigenvalue weighted by Gasteiger charge is -2.30. The molecule has 4 rings (SSSR count). The van der Waals surface area contributed by atoms with Crippen LogP contribution in [-0.2, 0) is 4.79 Å². The number of rotatable bonds is 7. The average molecular weight is 479 g/mol. The quantitative estimate of drug-likeness (QED) is 0.277. The van der Waals surface area contributed by atoms with Gasteiger partial charge in [-0.3, -0.25) is 14.2 Å². The number of hydrogen-bond acceptors (Lipinski definition) is 4. The number of nitrogens with zero attached hydrogens (tertiary/aromatic N) is 3. The van der Waals surface area contributed by atoms with Gasteiger partial charge in [0.25, 0.3) is 5.56 Å². The molecule has 0 N–H and O–H groups in total. The van der Waals surface area contributed by atoms with E-state index in [1.165, 1.54) is 18.2 Å². The fourth-order valence-corrected chi connectivity index (χ4v) is 4.64. The van der Waals surface area contributed by atoms with E-state index in [2.05, 4.69) is 4.98 Å². The van der Waals surface area contributed by atoms with Crippen LogP contribution in [0.25, 0.3) is 16.6 Å². The number of halogens is 4. The first-order valence-corrected chi connectivity index (χ1v) is 11.4. The smallest absolute Gasteiger partial charge is 0.330 e. The van der Waals surface area contributed by atoms with Gasteiger partial charge in [-0.25, -0.2) is 9.37 Å². The van der Waals surface area contributed by atoms with Gasteiger partial charge in [0.05, 0.1) is 22.3 Å². The zero-order valence-electron chi connectivity index (χ0n) is 17.7. The number of aromatic nitrogens is 2. The fraction of sp³-hybridized carbons (Fsp3) is 0.348. The van der Waals surface area contributed by atoms with E-state index < -0.39 is 36.0 Å². The first kappa shape index (κ1) is 23.3. The van der Waals surface area contributed by atoms with E-state index in [-0.39, 0.29) is 27.9 Å². The Morgan fingerprint density at radius 2 is 1.85 bits per heavy atom. The molecule has 1 saturated carbocycles. The van der Waals surface area contributed by atoms with Gasteiger partial charge in [-0.15, -0.1) is 0 Å². The van der Waals surface area contributed by atoms with Crippen molar-refractivity contribution in [3.05, 3.63) is 64.7 Å². The van der Waals surface area contributed by atoms with Crippen LogP contribution in [0.3, 0.4) is 0 Å². The summed E-state index contributed by atoms with van der Waals surface area (Å²) in [7, 11) is 0. The van der Waals surface area contributed by atoms with Gasteiger partial charge in [-0.1, -0.05) is 36.0 Å². The fourth-order valence-electron chi connectivity index (χ4n) is 3.75. The molecule has 0 radical (unpaired) electrons. The maximum atomic E-state index is 14.6. The Morgan fingerprint density at radius 3 is 2.52 bits per heavy atom. The highest BCUT2D eigenvalue weighted by Gasteiger charge is 2.40. The molecule has 1 unspecified atom stereocenters. The molecule has 0 aliphatic heterocycles. The Balaban J connectivity index is 1.69. The molecule has 1 aromatic heterocycles. The summed E-state index contributed by atoms with van der Waals surface area (Å²) in [5.41, 5.74) is -0.225. The van der Waals surface area contributed by atoms with Crippen molar-refractivity contribution in [3.8, 4) is 5.69 Å². The van der Waals surface area contributed by atoms with Gasteiger partial charge < -0.3 is 4.90 Å². The van der Waals surface area contributed by atoms with Crippen LogP contribution in [0.4, 0.5) is 17.6 Å². The van der Waals surface area contributed by atoms with Gasteiger partial charge >= 0.3 is 6.18 Å². The SMILES string of the molecule is CC(C1CC1)N(CC(F)(F)F)C(=O)CSc1nc2ccccc2c(=O)n1-c1ccccc1F. The number of hydrogen-bond donors (Lipinski definition) is 0. The van der Waals surface area contributed by atoms with Gasteiger partial charge in [0.15, 0.2) is 5.16 Å². The molecule has 1 amide bonds. The van der Waals surface area contributed by atoms with E-state index in [0.29, 0.717) is 5.52 Å². The Morgan fingerprint density at radius 1 is 1.18 bits per heavy atom. The summed E-state index contributed by atoms with van der Waals surface area (Å²) in [6, 6.07) is 11.6. The lowest BCUT2D eigenvalue weighted by atomic mass is 10.2. The Hall–Kier alpha value is -2.88. The van der Waals surface area contributed by atoms with E-state index in [0.717, 1.165) is 34.1 Å². The maximum absolute atomic E-state index is 14.6. The largest absolute Gasteiger partial charge is 0.406 e. The number of alkyl halides is 3. The van der Waals surface area contributed by atoms with Crippen molar-refractivity contribution >= 4 is 28.6 Å². The second-order valence-electron chi connectivity index (χ2n) is 8.01. The third kappa shape index (κ3) is 5.21. The first-order valence-electron chi connectivity index (χ1n) is 10.4. The molecule has 3 aromatic rings. The molecule has 1 heterocycles. The summed E-state index contributed by atoms with van der Waals surface area (Å²) in [6.45, 7) is 0.283. The van der Waals surface area contributed by atoms with Crippen molar-refractivity contribution in [3.63, 3.8) is 0 Å². The Kier molecular flexibility index (Phi) is 6.47. The third-order valence-electron chi connectivity index (χ3n) is 5.63. The van der Waals surface area contributed by atoms with Gasteiger partial charge in [-0.05, 0) is 49.9 Å². The molecule has 1 aliphatic rings. The summed E-state index contributed by atoms with van der Waals surface area (Å²) in [5.74, 6) is -1.69. The average Bonchev–Trinajstić information content (AvgIpc) is 3.61. The van der Waals surface area contributed by atoms with E-state index in [1.54, 1.807) is 37.3 Å². The molecule has 10 heteroatoms. The predicted octanol–water partition coefficient (Wildman–Crippen LogP) is 4.81. The monoisotopic (exact) mass is 479 g/mol. The molecule has 1 fully saturated rings. The molecule has 33 heavy (non-hydrogen) atoms. The lowest BCUT2D eigenvalue weighted by molar-refractivity contribution is -0.164. The van der Waals surface area contributed by atoms with Crippen molar-refractivity contribution in [1.82, 2.24) is 14.5 Å². The highest BCUT2D eigenvalue weighted by Crippen LogP contribution is 2.36. The number of thioether (sulfide) groups is 1. The second kappa shape index (κ2) is 9.17. The molecular formula is C23H21F4N3O2S. The Bertz CT molecular complexity index is 1240. The maximum Gasteiger partial charge on any atom is 0.406 e. The van der Waals surface area contributed by atoms with Gasteiger partial charge in [0.1, 0.15) is 12.4 Å². The highest BCUT2D eigenvalue weighted by atomic mass is 32.2. The van der Waals surface area contributed by atoms with Crippen molar-refractivity contribution in [1.29, 1.82) is 0 Å². The van der Waals surface area contributed by atoms with Crippen LogP contribution >= 0.6 is 11.8 Å². The number of benzene rings is 2. The number of carbonyl (C=O) groups is 1. The molecule has 2 aromatic carbocycles. The normalized spacial score (nSPS) is 14.9. The molecule has 1 atom stereocenters. The molecule has 5 nitrogen and oxygen atoms in total. The number of fused-ring (bicyclic) bond motifs is 1. The van der Waals surface area contributed by atoms with Crippen molar-refractivity contribution in [2.75, 3.05) is 12.3 Å². The van der Waals surface area contributed by atoms with Crippen molar-refractivity contribution < 1.29 is 22.4 Å². The van der Waals surface area contributed by atoms with Gasteiger partial charge in [0.2, 0.25) is 5.91 Å². The second-order valence-corrected chi connectivity index (χ2v) is 8.95. The van der Waals surface area contributed by atoms with Crippen molar-refractivity contribution in [2.24, 2.45) is 5.92 Å². The van der Waals surface area contributed by atoms with Crippen LogP contribution < -0.4 is 5.56 Å². The molecule has 0 bridgehead atoms. The zero-order valence-corrected chi connectivity index (χ0v) is 18.5. The summed E-state index contributed by atoms with van der Waals surface area (Å²) >= 11 is 0.818. The minimum atomic E-state index is -4.53. The summed E-state index contributed by atoms with van der Waals surface area (Å²) < 4.78 is 55.0. The lowest BCUT2D eigenvalue weighted by Crippen LogP contribution is -2.46. The van der Waals surface area contributed by atoms with Crippen molar-refractivity contribution in [2.45, 2.75) is 37.1 Å². The van der Waals surface area contributed by atoms with Crippen LogP contribution in [0, 0.1) is 11.7 Å². The standard InChI is InChI=1S/C23H21F4N3O2S/c1-14(15-10-11-15)29(13-23(25,26)27)20(31)12-33-22-28-18-8-4-2-6-16(18)21(32)30(22)19-9-5-3-7-17(19)24/h2-9,14-15H,10-13H2,1H3. The number of amides is 1. The predicted molar refractivity (Wildman–Crippen MR) is 118 cm³/mol. The zero-order chi connectivity index (χ0) is 23.8. The van der Waals surface area contributed by atoms with Gasteiger partial charge in [-0.2, -0.15) is 13.2 Å². The number of para-hydroxylation sites is 2. The van der Waals surface area contributed by atoms with Gasteiger partial charge in [0, 0.05) is 6.04 Å². The highest BCUT2D eigenvalue weighted by molar-refractivity contribution is 7.99. The van der Waals surface area contributed by atoms with E-state index in [9.17, 15) is 27.2 Å². The van der Waals surface area contributed by atoms with E-state index >= 15 is 0 Å². The van der Waals surface area contributed by atoms with Crippen LogP contribution in [0.2, 0.25) is 0 Å². The summed E-state index contributed by atoms with van der Waals surface area (Å²) in [5, 5.41) is 0.292. The number of carbonyl (C=O) groups excluding carboxylic acids is 1. The minimum absolute atomic E-state index is 0.0307. The summed E-state index contributed by atoms with van der Waals surface area (Å²) in [4.78, 5) is 31.3. The first-order chi connectivity index (χ1) is 15.7. The third-order valence-corrected chi connectivity index (χ3v) is 6.55. The molecule has 0 saturated heterocycles. The van der Waals surface area contributed by atoms with Crippen LogP contribution in [0.15, 0.2) is 58.5 Å².